The SMILES string of the molecule is NC(=S)CN1CCC(NC(=O)NC2CCCCC2)CC1. The van der Waals surface area contributed by atoms with Gasteiger partial charge in [-0.25, -0.2) is 4.79 Å². The van der Waals surface area contributed by atoms with Crippen molar-refractivity contribution in [3.05, 3.63) is 0 Å². The lowest BCUT2D eigenvalue weighted by molar-refractivity contribution is 0.203. The average Bonchev–Trinajstić information content (AvgIpc) is 2.41. The summed E-state index contributed by atoms with van der Waals surface area (Å²) in [4.78, 5) is 14.8. The summed E-state index contributed by atoms with van der Waals surface area (Å²) in [6.07, 6.45) is 7.98. The third-order valence-electron chi connectivity index (χ3n) is 4.24. The molecule has 0 aromatic rings. The van der Waals surface area contributed by atoms with E-state index in [4.69, 9.17) is 18.0 Å². The van der Waals surface area contributed by atoms with Crippen molar-refractivity contribution in [3.8, 4) is 0 Å². The summed E-state index contributed by atoms with van der Waals surface area (Å²) in [6.45, 7) is 2.59. The van der Waals surface area contributed by atoms with Gasteiger partial charge < -0.3 is 16.4 Å². The Bertz CT molecular complexity index is 336. The minimum absolute atomic E-state index is 0.00435. The Balaban J connectivity index is 1.64. The molecule has 1 saturated carbocycles. The van der Waals surface area contributed by atoms with Gasteiger partial charge in [0.2, 0.25) is 0 Å². The number of hydrogen-bond donors (Lipinski definition) is 3. The molecule has 0 unspecified atom stereocenters. The highest BCUT2D eigenvalue weighted by molar-refractivity contribution is 7.80. The molecule has 4 N–H and O–H groups in total. The lowest BCUT2D eigenvalue weighted by Crippen LogP contribution is -2.51. The molecule has 2 rings (SSSR count). The van der Waals surface area contributed by atoms with Crippen LogP contribution in [0.15, 0.2) is 0 Å². The fraction of sp³-hybridized carbons (Fsp3) is 0.857. The highest BCUT2D eigenvalue weighted by atomic mass is 32.1. The van der Waals surface area contributed by atoms with Crippen molar-refractivity contribution in [1.82, 2.24) is 15.5 Å². The first-order valence-corrected chi connectivity index (χ1v) is 8.12. The zero-order chi connectivity index (χ0) is 14.4. The van der Waals surface area contributed by atoms with Gasteiger partial charge in [-0.2, -0.15) is 0 Å². The van der Waals surface area contributed by atoms with Gasteiger partial charge in [0.15, 0.2) is 0 Å². The number of rotatable bonds is 4. The predicted molar refractivity (Wildman–Crippen MR) is 84.8 cm³/mol. The molecule has 0 radical (unpaired) electrons. The number of hydrogen-bond acceptors (Lipinski definition) is 3. The lowest BCUT2D eigenvalue weighted by Gasteiger charge is -2.32. The van der Waals surface area contributed by atoms with Crippen LogP contribution >= 0.6 is 12.2 Å². The number of likely N-dealkylation sites (tertiary alicyclic amines) is 1. The van der Waals surface area contributed by atoms with Gasteiger partial charge >= 0.3 is 6.03 Å². The summed E-state index contributed by atoms with van der Waals surface area (Å²) in [5.41, 5.74) is 5.55. The smallest absolute Gasteiger partial charge is 0.315 e. The van der Waals surface area contributed by atoms with E-state index in [1.54, 1.807) is 0 Å². The molecule has 0 bridgehead atoms. The zero-order valence-corrected chi connectivity index (χ0v) is 12.9. The molecule has 1 aliphatic heterocycles. The van der Waals surface area contributed by atoms with Gasteiger partial charge in [0.25, 0.3) is 0 Å². The van der Waals surface area contributed by atoms with Crippen LogP contribution in [0.2, 0.25) is 0 Å². The van der Waals surface area contributed by atoms with Gasteiger partial charge in [0.1, 0.15) is 0 Å². The number of thiocarbonyl (C=S) groups is 1. The Hall–Kier alpha value is -0.880. The van der Waals surface area contributed by atoms with Gasteiger partial charge in [0, 0.05) is 31.7 Å². The van der Waals surface area contributed by atoms with Gasteiger partial charge in [0.05, 0.1) is 4.99 Å². The Morgan fingerprint density at radius 2 is 1.60 bits per heavy atom. The molecule has 6 heteroatoms. The number of carbonyl (C=O) groups is 1. The summed E-state index contributed by atoms with van der Waals surface area (Å²) in [6, 6.07) is 0.657. The maximum atomic E-state index is 12.0. The number of nitrogens with one attached hydrogen (secondary N) is 2. The van der Waals surface area contributed by atoms with Crippen LogP contribution in [0.5, 0.6) is 0 Å². The summed E-state index contributed by atoms with van der Waals surface area (Å²) < 4.78 is 0. The molecule has 5 nitrogen and oxygen atoms in total. The van der Waals surface area contributed by atoms with E-state index in [0.29, 0.717) is 17.6 Å². The second kappa shape index (κ2) is 7.78. The van der Waals surface area contributed by atoms with E-state index in [1.807, 2.05) is 0 Å². The molecule has 0 aromatic heterocycles. The molecule has 1 heterocycles. The number of urea groups is 1. The molecule has 2 aliphatic rings. The Labute approximate surface area is 126 Å². The van der Waals surface area contributed by atoms with Crippen LogP contribution in [0.3, 0.4) is 0 Å². The van der Waals surface area contributed by atoms with Crippen molar-refractivity contribution in [3.63, 3.8) is 0 Å². The third-order valence-corrected chi connectivity index (χ3v) is 4.37. The van der Waals surface area contributed by atoms with E-state index in [1.165, 1.54) is 19.3 Å². The van der Waals surface area contributed by atoms with Gasteiger partial charge in [-0.15, -0.1) is 0 Å². The van der Waals surface area contributed by atoms with Crippen molar-refractivity contribution in [1.29, 1.82) is 0 Å². The predicted octanol–water partition coefficient (Wildman–Crippen LogP) is 1.37. The summed E-state index contributed by atoms with van der Waals surface area (Å²) in [5.74, 6) is 0. The van der Waals surface area contributed by atoms with Crippen LogP contribution in [-0.4, -0.2) is 47.6 Å². The van der Waals surface area contributed by atoms with E-state index < -0.39 is 0 Å². The van der Waals surface area contributed by atoms with E-state index >= 15 is 0 Å². The van der Waals surface area contributed by atoms with Crippen LogP contribution in [0, 0.1) is 0 Å². The first-order chi connectivity index (χ1) is 9.63. The quantitative estimate of drug-likeness (QED) is 0.686. The number of nitrogens with two attached hydrogens (primary N) is 1. The van der Waals surface area contributed by atoms with Crippen molar-refractivity contribution in [2.24, 2.45) is 5.73 Å². The maximum absolute atomic E-state index is 12.0. The first kappa shape index (κ1) is 15.5. The van der Waals surface area contributed by atoms with Crippen LogP contribution in [-0.2, 0) is 0 Å². The fourth-order valence-electron chi connectivity index (χ4n) is 3.12. The van der Waals surface area contributed by atoms with Crippen molar-refractivity contribution >= 4 is 23.2 Å². The summed E-state index contributed by atoms with van der Waals surface area (Å²) in [7, 11) is 0. The van der Waals surface area contributed by atoms with Crippen LogP contribution in [0.25, 0.3) is 0 Å². The van der Waals surface area contributed by atoms with Gasteiger partial charge in [-0.1, -0.05) is 31.5 Å². The summed E-state index contributed by atoms with van der Waals surface area (Å²) in [5, 5.41) is 6.20. The maximum Gasteiger partial charge on any atom is 0.315 e. The Kier molecular flexibility index (Phi) is 6.04. The minimum atomic E-state index is 0.00435. The highest BCUT2D eigenvalue weighted by Gasteiger charge is 2.22. The minimum Gasteiger partial charge on any atom is -0.392 e. The Morgan fingerprint density at radius 3 is 2.15 bits per heavy atom. The molecule has 0 aromatic carbocycles. The standard InChI is InChI=1S/C14H26N4OS/c15-13(20)10-18-8-6-12(7-9-18)17-14(19)16-11-4-2-1-3-5-11/h11-12H,1-10H2,(H2,15,20)(H2,16,17,19). The molecule has 114 valence electrons. The van der Waals surface area contributed by atoms with E-state index in [-0.39, 0.29) is 12.1 Å². The molecule has 1 aliphatic carbocycles. The second-order valence-electron chi connectivity index (χ2n) is 5.97. The molecular weight excluding hydrogens is 272 g/mol. The number of carbonyl (C=O) groups excluding carboxylic acids is 1. The van der Waals surface area contributed by atoms with Crippen molar-refractivity contribution in [2.75, 3.05) is 19.6 Å². The second-order valence-corrected chi connectivity index (χ2v) is 6.49. The lowest BCUT2D eigenvalue weighted by atomic mass is 9.96. The normalized spacial score (nSPS) is 22.4. The molecule has 0 atom stereocenters. The highest BCUT2D eigenvalue weighted by Crippen LogP contribution is 2.17. The molecule has 2 fully saturated rings. The number of nitrogens with zero attached hydrogens (tertiary/aromatic N) is 1. The van der Waals surface area contributed by atoms with E-state index in [0.717, 1.165) is 38.8 Å². The summed E-state index contributed by atoms with van der Waals surface area (Å²) >= 11 is 4.92. The van der Waals surface area contributed by atoms with Gasteiger partial charge in [-0.05, 0) is 25.7 Å². The fourth-order valence-corrected chi connectivity index (χ4v) is 3.30. The van der Waals surface area contributed by atoms with Crippen LogP contribution in [0.4, 0.5) is 4.79 Å². The molecule has 20 heavy (non-hydrogen) atoms. The largest absolute Gasteiger partial charge is 0.392 e. The van der Waals surface area contributed by atoms with Crippen molar-refractivity contribution in [2.45, 2.75) is 57.0 Å². The molecule has 0 spiro atoms. The van der Waals surface area contributed by atoms with Crippen molar-refractivity contribution < 1.29 is 4.79 Å². The monoisotopic (exact) mass is 298 g/mol. The Morgan fingerprint density at radius 1 is 1.05 bits per heavy atom. The number of amides is 2. The third kappa shape index (κ3) is 5.25. The van der Waals surface area contributed by atoms with E-state index in [2.05, 4.69) is 15.5 Å². The molecule has 2 amide bonds. The molecule has 1 saturated heterocycles. The topological polar surface area (TPSA) is 70.4 Å². The molecular formula is C14H26N4OS. The van der Waals surface area contributed by atoms with E-state index in [9.17, 15) is 4.79 Å². The first-order valence-electron chi connectivity index (χ1n) is 7.71. The zero-order valence-electron chi connectivity index (χ0n) is 12.1. The van der Waals surface area contributed by atoms with Crippen LogP contribution < -0.4 is 16.4 Å². The number of piperidine rings is 1. The average molecular weight is 298 g/mol. The van der Waals surface area contributed by atoms with Gasteiger partial charge in [-0.3, -0.25) is 4.90 Å². The van der Waals surface area contributed by atoms with Crippen LogP contribution in [0.1, 0.15) is 44.9 Å².